The van der Waals surface area contributed by atoms with Crippen molar-refractivity contribution in [3.63, 3.8) is 0 Å². The average molecular weight is 311 g/mol. The normalized spacial score (nSPS) is 15.8. The molecule has 0 atom stereocenters. The van der Waals surface area contributed by atoms with Crippen LogP contribution in [0.25, 0.3) is 0 Å². The van der Waals surface area contributed by atoms with E-state index in [-0.39, 0.29) is 23.8 Å². The predicted octanol–water partition coefficient (Wildman–Crippen LogP) is 2.34. The molecular formula is C15H19ClN2O3. The van der Waals surface area contributed by atoms with Crippen molar-refractivity contribution in [2.75, 3.05) is 25.4 Å². The van der Waals surface area contributed by atoms with E-state index in [4.69, 9.17) is 22.1 Å². The monoisotopic (exact) mass is 310 g/mol. The van der Waals surface area contributed by atoms with Gasteiger partial charge in [-0.05, 0) is 37.0 Å². The summed E-state index contributed by atoms with van der Waals surface area (Å²) in [5.74, 6) is -0.129. The first-order valence-corrected chi connectivity index (χ1v) is 7.35. The Morgan fingerprint density at radius 2 is 2.05 bits per heavy atom. The number of piperidine rings is 1. The van der Waals surface area contributed by atoms with E-state index in [0.717, 1.165) is 25.9 Å². The first-order chi connectivity index (χ1) is 9.97. The number of likely N-dealkylation sites (tertiary alicyclic amines) is 1. The lowest BCUT2D eigenvalue weighted by Gasteiger charge is -2.30. The number of halogens is 1. The molecular weight excluding hydrogens is 292 g/mol. The van der Waals surface area contributed by atoms with E-state index in [1.807, 2.05) is 0 Å². The molecule has 1 aromatic rings. The Morgan fingerprint density at radius 1 is 1.38 bits per heavy atom. The van der Waals surface area contributed by atoms with Gasteiger partial charge >= 0.3 is 5.97 Å². The topological polar surface area (TPSA) is 72.6 Å². The van der Waals surface area contributed by atoms with E-state index in [1.165, 1.54) is 12.1 Å². The summed E-state index contributed by atoms with van der Waals surface area (Å²) in [4.78, 5) is 25.6. The lowest BCUT2D eigenvalue weighted by molar-refractivity contribution is -0.135. The Kier molecular flexibility index (Phi) is 5.07. The van der Waals surface area contributed by atoms with Crippen molar-refractivity contribution < 1.29 is 14.3 Å². The largest absolute Gasteiger partial charge is 0.452 e. The highest BCUT2D eigenvalue weighted by Crippen LogP contribution is 2.19. The number of hydrogen-bond acceptors (Lipinski definition) is 4. The van der Waals surface area contributed by atoms with E-state index in [1.54, 1.807) is 11.0 Å². The molecule has 2 rings (SSSR count). The Balaban J connectivity index is 1.87. The maximum atomic E-state index is 12.0. The lowest BCUT2D eigenvalue weighted by atomic mass is 9.99. The first-order valence-electron chi connectivity index (χ1n) is 6.97. The van der Waals surface area contributed by atoms with E-state index in [9.17, 15) is 9.59 Å². The maximum absolute atomic E-state index is 12.0. The van der Waals surface area contributed by atoms with Gasteiger partial charge < -0.3 is 15.4 Å². The molecule has 1 aliphatic heterocycles. The van der Waals surface area contributed by atoms with Crippen LogP contribution < -0.4 is 5.73 Å². The predicted molar refractivity (Wildman–Crippen MR) is 81.1 cm³/mol. The highest BCUT2D eigenvalue weighted by atomic mass is 35.5. The van der Waals surface area contributed by atoms with E-state index in [0.29, 0.717) is 10.9 Å². The van der Waals surface area contributed by atoms with Crippen molar-refractivity contribution in [3.8, 4) is 0 Å². The molecule has 0 aliphatic carbocycles. The number of nitrogens with zero attached hydrogens (tertiary/aromatic N) is 1. The van der Waals surface area contributed by atoms with Crippen LogP contribution in [0.15, 0.2) is 18.2 Å². The van der Waals surface area contributed by atoms with Gasteiger partial charge in [0.05, 0.1) is 5.56 Å². The summed E-state index contributed by atoms with van der Waals surface area (Å²) in [5.41, 5.74) is 6.17. The van der Waals surface area contributed by atoms with Crippen LogP contribution in [0.3, 0.4) is 0 Å². The molecule has 1 heterocycles. The molecule has 21 heavy (non-hydrogen) atoms. The highest BCUT2D eigenvalue weighted by molar-refractivity contribution is 6.31. The Bertz CT molecular complexity index is 540. The number of rotatable bonds is 3. The van der Waals surface area contributed by atoms with Gasteiger partial charge in [0, 0.05) is 23.8 Å². The van der Waals surface area contributed by atoms with Crippen molar-refractivity contribution >= 4 is 29.2 Å². The number of nitrogen functional groups attached to an aromatic ring is 1. The molecule has 1 fully saturated rings. The molecule has 2 N–H and O–H groups in total. The molecule has 1 aliphatic rings. The van der Waals surface area contributed by atoms with Gasteiger partial charge in [-0.15, -0.1) is 0 Å². The van der Waals surface area contributed by atoms with Crippen molar-refractivity contribution in [3.05, 3.63) is 28.8 Å². The summed E-state index contributed by atoms with van der Waals surface area (Å²) in [5, 5.41) is 0.447. The van der Waals surface area contributed by atoms with Crippen LogP contribution in [-0.2, 0) is 9.53 Å². The molecule has 0 unspecified atom stereocenters. The zero-order chi connectivity index (χ0) is 15.4. The standard InChI is InChI=1S/C15H19ClN2O3/c1-10-4-6-18(7-5-10)14(19)9-21-15(20)12-3-2-11(16)8-13(12)17/h2-3,8,10H,4-7,9,17H2,1H3. The zero-order valence-electron chi connectivity index (χ0n) is 12.0. The number of ether oxygens (including phenoxy) is 1. The number of carbonyl (C=O) groups is 2. The van der Waals surface area contributed by atoms with E-state index in [2.05, 4.69) is 6.92 Å². The second kappa shape index (κ2) is 6.80. The van der Waals surface area contributed by atoms with Crippen LogP contribution >= 0.6 is 11.6 Å². The molecule has 0 saturated carbocycles. The molecule has 114 valence electrons. The maximum Gasteiger partial charge on any atom is 0.340 e. The van der Waals surface area contributed by atoms with Crippen LogP contribution in [0.5, 0.6) is 0 Å². The first kappa shape index (κ1) is 15.6. The van der Waals surface area contributed by atoms with Gasteiger partial charge in [-0.2, -0.15) is 0 Å². The van der Waals surface area contributed by atoms with E-state index >= 15 is 0 Å². The van der Waals surface area contributed by atoms with Crippen LogP contribution in [0.1, 0.15) is 30.1 Å². The number of anilines is 1. The van der Waals surface area contributed by atoms with E-state index < -0.39 is 5.97 Å². The van der Waals surface area contributed by atoms with Crippen LogP contribution in [0, 0.1) is 5.92 Å². The molecule has 0 aromatic heterocycles. The third-order valence-corrected chi connectivity index (χ3v) is 3.93. The molecule has 6 heteroatoms. The summed E-state index contributed by atoms with van der Waals surface area (Å²) in [6.07, 6.45) is 1.98. The second-order valence-electron chi connectivity index (χ2n) is 5.37. The van der Waals surface area contributed by atoms with Crippen molar-refractivity contribution in [1.82, 2.24) is 4.90 Å². The van der Waals surface area contributed by atoms with Crippen LogP contribution in [0.4, 0.5) is 5.69 Å². The minimum Gasteiger partial charge on any atom is -0.452 e. The van der Waals surface area contributed by atoms with Crippen LogP contribution in [0.2, 0.25) is 5.02 Å². The second-order valence-corrected chi connectivity index (χ2v) is 5.81. The van der Waals surface area contributed by atoms with Gasteiger partial charge in [0.2, 0.25) is 0 Å². The molecule has 0 bridgehead atoms. The minimum absolute atomic E-state index is 0.164. The highest BCUT2D eigenvalue weighted by Gasteiger charge is 2.21. The number of amides is 1. The van der Waals surface area contributed by atoms with Gasteiger partial charge in [0.1, 0.15) is 0 Å². The number of esters is 1. The number of hydrogen-bond donors (Lipinski definition) is 1. The van der Waals surface area contributed by atoms with Crippen molar-refractivity contribution in [2.24, 2.45) is 5.92 Å². The Morgan fingerprint density at radius 3 is 2.67 bits per heavy atom. The lowest BCUT2D eigenvalue weighted by Crippen LogP contribution is -2.40. The third kappa shape index (κ3) is 4.11. The number of nitrogens with two attached hydrogens (primary N) is 1. The fourth-order valence-electron chi connectivity index (χ4n) is 2.27. The zero-order valence-corrected chi connectivity index (χ0v) is 12.7. The van der Waals surface area contributed by atoms with Gasteiger partial charge in [-0.25, -0.2) is 4.79 Å². The summed E-state index contributed by atoms with van der Waals surface area (Å²) >= 11 is 5.77. The van der Waals surface area contributed by atoms with Gasteiger partial charge in [-0.3, -0.25) is 4.79 Å². The van der Waals surface area contributed by atoms with Gasteiger partial charge in [-0.1, -0.05) is 18.5 Å². The van der Waals surface area contributed by atoms with Crippen molar-refractivity contribution in [1.29, 1.82) is 0 Å². The number of benzene rings is 1. The van der Waals surface area contributed by atoms with Crippen LogP contribution in [-0.4, -0.2) is 36.5 Å². The summed E-state index contributed by atoms with van der Waals surface area (Å²) < 4.78 is 5.04. The third-order valence-electron chi connectivity index (χ3n) is 3.70. The molecule has 0 radical (unpaired) electrons. The van der Waals surface area contributed by atoms with Crippen molar-refractivity contribution in [2.45, 2.75) is 19.8 Å². The summed E-state index contributed by atoms with van der Waals surface area (Å²) in [6, 6.07) is 4.53. The summed E-state index contributed by atoms with van der Waals surface area (Å²) in [6.45, 7) is 3.36. The van der Waals surface area contributed by atoms with Gasteiger partial charge in [0.25, 0.3) is 5.91 Å². The SMILES string of the molecule is CC1CCN(C(=O)COC(=O)c2ccc(Cl)cc2N)CC1. The quantitative estimate of drug-likeness (QED) is 0.687. The fourth-order valence-corrected chi connectivity index (χ4v) is 2.45. The summed E-state index contributed by atoms with van der Waals surface area (Å²) in [7, 11) is 0. The van der Waals surface area contributed by atoms with Gasteiger partial charge in [0.15, 0.2) is 6.61 Å². The minimum atomic E-state index is -0.608. The average Bonchev–Trinajstić information content (AvgIpc) is 2.45. The molecule has 1 amide bonds. The molecule has 5 nitrogen and oxygen atoms in total. The molecule has 1 saturated heterocycles. The number of carbonyl (C=O) groups excluding carboxylic acids is 2. The molecule has 1 aromatic carbocycles. The Hall–Kier alpha value is -1.75. The fraction of sp³-hybridized carbons (Fsp3) is 0.467. The Labute approximate surface area is 129 Å². The smallest absolute Gasteiger partial charge is 0.340 e. The molecule has 0 spiro atoms.